The lowest BCUT2D eigenvalue weighted by Crippen LogP contribution is -2.35. The van der Waals surface area contributed by atoms with Gasteiger partial charge in [-0.15, -0.1) is 0 Å². The first-order valence-electron chi connectivity index (χ1n) is 12.1. The van der Waals surface area contributed by atoms with Gasteiger partial charge in [0.15, 0.2) is 0 Å². The number of methoxy groups -OCH3 is 4. The largest absolute Gasteiger partial charge is 0.496 e. The fourth-order valence-corrected chi connectivity index (χ4v) is 12.3. The van der Waals surface area contributed by atoms with E-state index in [1.165, 1.54) is 21.2 Å². The molecule has 4 aromatic carbocycles. The van der Waals surface area contributed by atoms with Gasteiger partial charge in [0, 0.05) is 26.1 Å². The first kappa shape index (κ1) is 27.0. The second-order valence-corrected chi connectivity index (χ2v) is 14.7. The first-order valence-corrected chi connectivity index (χ1v) is 14.8. The van der Waals surface area contributed by atoms with Crippen LogP contribution in [0.2, 0.25) is 0 Å². The van der Waals surface area contributed by atoms with Gasteiger partial charge < -0.3 is 18.9 Å². The highest BCUT2D eigenvalue weighted by Gasteiger charge is 2.44. The lowest BCUT2D eigenvalue weighted by molar-refractivity contribution is 0.417. The summed E-state index contributed by atoms with van der Waals surface area (Å²) in [6.45, 7) is 4.73. The molecule has 0 aliphatic rings. The molecule has 0 amide bonds. The minimum atomic E-state index is -1.00. The third kappa shape index (κ3) is 5.33. The molecule has 0 atom stereocenters. The second-order valence-electron chi connectivity index (χ2n) is 8.85. The molecular formula is C31H34O4P2. The van der Waals surface area contributed by atoms with Crippen molar-refractivity contribution in [1.82, 2.24) is 0 Å². The van der Waals surface area contributed by atoms with E-state index >= 15 is 0 Å². The van der Waals surface area contributed by atoms with Gasteiger partial charge in [-0.1, -0.05) is 86.6 Å². The predicted molar refractivity (Wildman–Crippen MR) is 158 cm³/mol. The number of rotatable bonds is 10. The number of para-hydroxylation sites is 4. The van der Waals surface area contributed by atoms with Crippen molar-refractivity contribution in [2.24, 2.45) is 0 Å². The van der Waals surface area contributed by atoms with Gasteiger partial charge in [-0.2, -0.15) is 0 Å². The van der Waals surface area contributed by atoms with Gasteiger partial charge in [0.05, 0.1) is 28.4 Å². The average Bonchev–Trinajstić information content (AvgIpc) is 2.94. The quantitative estimate of drug-likeness (QED) is 0.234. The predicted octanol–water partition coefficient (Wildman–Crippen LogP) is 6.02. The second kappa shape index (κ2) is 12.0. The fourth-order valence-electron chi connectivity index (χ4n) is 4.80. The van der Waals surface area contributed by atoms with E-state index in [2.05, 4.69) is 62.4 Å². The van der Waals surface area contributed by atoms with Crippen molar-refractivity contribution in [3.63, 3.8) is 0 Å². The zero-order valence-electron chi connectivity index (χ0n) is 22.3. The summed E-state index contributed by atoms with van der Waals surface area (Å²) in [5.41, 5.74) is 0. The molecule has 37 heavy (non-hydrogen) atoms. The molecule has 4 aromatic rings. The van der Waals surface area contributed by atoms with Crippen LogP contribution in [0.25, 0.3) is 0 Å². The maximum atomic E-state index is 5.93. The molecule has 0 N–H and O–H groups in total. The molecule has 0 unspecified atom stereocenters. The summed E-state index contributed by atoms with van der Waals surface area (Å²) in [5, 5.41) is 4.69. The van der Waals surface area contributed by atoms with Crippen LogP contribution in [0, 0.1) is 0 Å². The molecule has 0 radical (unpaired) electrons. The number of hydrogen-bond donors (Lipinski definition) is 0. The molecule has 192 valence electrons. The summed E-state index contributed by atoms with van der Waals surface area (Å²) < 4.78 is 23.7. The number of benzene rings is 4. The van der Waals surface area contributed by atoms with Crippen molar-refractivity contribution < 1.29 is 18.9 Å². The zero-order valence-corrected chi connectivity index (χ0v) is 24.1. The van der Waals surface area contributed by atoms with E-state index < -0.39 is 15.8 Å². The van der Waals surface area contributed by atoms with Gasteiger partial charge in [0.1, 0.15) is 23.0 Å². The van der Waals surface area contributed by atoms with Crippen molar-refractivity contribution in [2.75, 3.05) is 28.4 Å². The minimum absolute atomic E-state index is 0.281. The Bertz CT molecular complexity index is 1140. The van der Waals surface area contributed by atoms with Crippen LogP contribution in [0.4, 0.5) is 0 Å². The summed E-state index contributed by atoms with van der Waals surface area (Å²) in [6, 6.07) is 33.4. The minimum Gasteiger partial charge on any atom is -0.496 e. The van der Waals surface area contributed by atoms with Crippen LogP contribution >= 0.6 is 15.8 Å². The summed E-state index contributed by atoms with van der Waals surface area (Å²) in [7, 11) is 4.96. The van der Waals surface area contributed by atoms with Crippen LogP contribution in [0.15, 0.2) is 97.1 Å². The van der Waals surface area contributed by atoms with E-state index in [0.29, 0.717) is 0 Å². The third-order valence-corrected chi connectivity index (χ3v) is 13.2. The van der Waals surface area contributed by atoms with Gasteiger partial charge in [-0.25, -0.2) is 0 Å². The number of hydrogen-bond acceptors (Lipinski definition) is 4. The highest BCUT2D eigenvalue weighted by molar-refractivity contribution is 7.91. The molecule has 0 fully saturated rings. The summed E-state index contributed by atoms with van der Waals surface area (Å²) in [4.78, 5) is -0.281. The normalized spacial score (nSPS) is 11.5. The van der Waals surface area contributed by atoms with Crippen LogP contribution in [-0.4, -0.2) is 33.3 Å². The van der Waals surface area contributed by atoms with Gasteiger partial charge in [0.25, 0.3) is 0 Å². The van der Waals surface area contributed by atoms with Gasteiger partial charge in [0.2, 0.25) is 0 Å². The Hall–Kier alpha value is -3.06. The Morgan fingerprint density at radius 2 is 0.622 bits per heavy atom. The SMILES string of the molecule is COc1ccccc1P(c1ccccc1OC)C(C)(C)P(c1ccccc1OC)c1ccccc1OC. The van der Waals surface area contributed by atoms with Crippen molar-refractivity contribution >= 4 is 37.1 Å². The Morgan fingerprint density at radius 3 is 0.838 bits per heavy atom. The van der Waals surface area contributed by atoms with E-state index in [-0.39, 0.29) is 4.90 Å². The summed E-state index contributed by atoms with van der Waals surface area (Å²) in [5.74, 6) is 3.51. The van der Waals surface area contributed by atoms with Gasteiger partial charge in [-0.3, -0.25) is 0 Å². The summed E-state index contributed by atoms with van der Waals surface area (Å²) in [6.07, 6.45) is 0. The highest BCUT2D eigenvalue weighted by Crippen LogP contribution is 2.67. The standard InChI is InChI=1S/C31H34O4P2/c1-31(2,36(27-19-11-7-15-23(27)32-3)28-20-12-8-16-24(28)33-4)37(29-21-13-9-17-25(29)34-5)30-22-14-10-18-26(30)35-6/h7-22H,1-6H3. The van der Waals surface area contributed by atoms with Crippen molar-refractivity contribution in [3.05, 3.63) is 97.1 Å². The Morgan fingerprint density at radius 1 is 0.405 bits per heavy atom. The Labute approximate surface area is 223 Å². The van der Waals surface area contributed by atoms with E-state index in [1.807, 2.05) is 48.5 Å². The van der Waals surface area contributed by atoms with E-state index in [0.717, 1.165) is 23.0 Å². The van der Waals surface area contributed by atoms with E-state index in [4.69, 9.17) is 18.9 Å². The third-order valence-electron chi connectivity index (χ3n) is 6.40. The Balaban J connectivity index is 2.08. The van der Waals surface area contributed by atoms with Crippen LogP contribution < -0.4 is 40.2 Å². The van der Waals surface area contributed by atoms with Gasteiger partial charge in [-0.05, 0) is 40.1 Å². The molecule has 4 rings (SSSR count). The van der Waals surface area contributed by atoms with Crippen molar-refractivity contribution in [1.29, 1.82) is 0 Å². The molecule has 0 heterocycles. The molecule has 4 nitrogen and oxygen atoms in total. The van der Waals surface area contributed by atoms with Crippen LogP contribution in [-0.2, 0) is 0 Å². The lowest BCUT2D eigenvalue weighted by Gasteiger charge is -2.43. The number of ether oxygens (including phenoxy) is 4. The molecular weight excluding hydrogens is 498 g/mol. The maximum Gasteiger partial charge on any atom is 0.126 e. The van der Waals surface area contributed by atoms with Crippen LogP contribution in [0.3, 0.4) is 0 Å². The van der Waals surface area contributed by atoms with Crippen LogP contribution in [0.5, 0.6) is 23.0 Å². The van der Waals surface area contributed by atoms with E-state index in [9.17, 15) is 0 Å². The molecule has 0 saturated carbocycles. The van der Waals surface area contributed by atoms with Crippen LogP contribution in [0.1, 0.15) is 13.8 Å². The van der Waals surface area contributed by atoms with Crippen molar-refractivity contribution in [3.8, 4) is 23.0 Å². The molecule has 0 saturated heterocycles. The fraction of sp³-hybridized carbons (Fsp3) is 0.226. The molecule has 0 aromatic heterocycles. The molecule has 0 aliphatic carbocycles. The smallest absolute Gasteiger partial charge is 0.126 e. The Kier molecular flexibility index (Phi) is 8.75. The van der Waals surface area contributed by atoms with Gasteiger partial charge >= 0.3 is 0 Å². The molecule has 0 spiro atoms. The topological polar surface area (TPSA) is 36.9 Å². The zero-order chi connectivity index (χ0) is 26.4. The summed E-state index contributed by atoms with van der Waals surface area (Å²) >= 11 is 0. The first-order chi connectivity index (χ1) is 18.0. The van der Waals surface area contributed by atoms with Crippen molar-refractivity contribution in [2.45, 2.75) is 18.7 Å². The maximum absolute atomic E-state index is 5.93. The highest BCUT2D eigenvalue weighted by atomic mass is 31.2. The average molecular weight is 533 g/mol. The molecule has 6 heteroatoms. The lowest BCUT2D eigenvalue weighted by atomic mass is 10.3. The van der Waals surface area contributed by atoms with E-state index in [1.54, 1.807) is 28.4 Å². The monoisotopic (exact) mass is 532 g/mol. The molecule has 0 bridgehead atoms. The molecule has 0 aliphatic heterocycles.